The summed E-state index contributed by atoms with van der Waals surface area (Å²) in [4.78, 5) is 15.9. The van der Waals surface area contributed by atoms with E-state index in [1.54, 1.807) is 18.2 Å². The number of amides is 1. The zero-order chi connectivity index (χ0) is 12.3. The maximum absolute atomic E-state index is 11.1. The number of carbonyl (C=O) groups is 1. The SMILES string of the molecule is NNSC(=O)N=Nc1c(O)[nH]c2ccccc12. The van der Waals surface area contributed by atoms with E-state index in [1.165, 1.54) is 0 Å². The number of aromatic nitrogens is 1. The summed E-state index contributed by atoms with van der Waals surface area (Å²) < 4.78 is 0. The molecule has 0 aliphatic carbocycles. The molecule has 2 rings (SSSR count). The number of azo groups is 1. The first-order valence-electron chi connectivity index (χ1n) is 4.60. The minimum atomic E-state index is -0.600. The Kier molecular flexibility index (Phi) is 3.38. The zero-order valence-electron chi connectivity index (χ0n) is 8.54. The van der Waals surface area contributed by atoms with Crippen molar-refractivity contribution in [2.24, 2.45) is 16.1 Å². The van der Waals surface area contributed by atoms with E-state index in [-0.39, 0.29) is 11.6 Å². The number of carbonyl (C=O) groups excluding carboxylic acids is 1. The second kappa shape index (κ2) is 4.95. The molecule has 1 heterocycles. The summed E-state index contributed by atoms with van der Waals surface area (Å²) in [5.74, 6) is 4.80. The van der Waals surface area contributed by atoms with Crippen LogP contribution in [0.3, 0.4) is 0 Å². The van der Waals surface area contributed by atoms with Crippen LogP contribution in [0.25, 0.3) is 10.9 Å². The van der Waals surface area contributed by atoms with Crippen molar-refractivity contribution < 1.29 is 9.90 Å². The predicted molar refractivity (Wildman–Crippen MR) is 64.8 cm³/mol. The van der Waals surface area contributed by atoms with Crippen LogP contribution in [0.2, 0.25) is 0 Å². The Labute approximate surface area is 100 Å². The monoisotopic (exact) mass is 251 g/mol. The number of hydrogen-bond acceptors (Lipinski definition) is 6. The van der Waals surface area contributed by atoms with Gasteiger partial charge in [0.15, 0.2) is 5.69 Å². The first kappa shape index (κ1) is 11.6. The molecule has 0 unspecified atom stereocenters. The number of aromatic amines is 1. The Morgan fingerprint density at radius 2 is 2.24 bits per heavy atom. The van der Waals surface area contributed by atoms with Crippen LogP contribution in [-0.2, 0) is 0 Å². The van der Waals surface area contributed by atoms with Crippen molar-refractivity contribution in [3.63, 3.8) is 0 Å². The van der Waals surface area contributed by atoms with Gasteiger partial charge in [-0.1, -0.05) is 23.3 Å². The fourth-order valence-electron chi connectivity index (χ4n) is 1.38. The number of hydrogen-bond donors (Lipinski definition) is 4. The van der Waals surface area contributed by atoms with Gasteiger partial charge in [0, 0.05) is 17.3 Å². The van der Waals surface area contributed by atoms with E-state index in [1.807, 2.05) is 6.07 Å². The maximum atomic E-state index is 11.1. The van der Waals surface area contributed by atoms with Crippen molar-refractivity contribution in [3.05, 3.63) is 24.3 Å². The summed E-state index contributed by atoms with van der Waals surface area (Å²) >= 11 is 0.601. The molecule has 1 amide bonds. The van der Waals surface area contributed by atoms with Crippen LogP contribution in [0, 0.1) is 0 Å². The highest BCUT2D eigenvalue weighted by Gasteiger charge is 2.10. The fourth-order valence-corrected chi connectivity index (χ4v) is 1.56. The number of aromatic hydroxyl groups is 1. The number of rotatable bonds is 2. The molecule has 8 heteroatoms. The number of H-pyrrole nitrogens is 1. The summed E-state index contributed by atoms with van der Waals surface area (Å²) in [6, 6.07) is 7.16. The zero-order valence-corrected chi connectivity index (χ0v) is 9.36. The van der Waals surface area contributed by atoms with Crippen LogP contribution in [-0.4, -0.2) is 15.3 Å². The lowest BCUT2D eigenvalue weighted by Gasteiger charge is -1.91. The van der Waals surface area contributed by atoms with Gasteiger partial charge in [-0.05, 0) is 6.07 Å². The minimum Gasteiger partial charge on any atom is -0.493 e. The summed E-state index contributed by atoms with van der Waals surface area (Å²) in [6.07, 6.45) is 0. The van der Waals surface area contributed by atoms with Crippen molar-refractivity contribution in [2.45, 2.75) is 0 Å². The first-order valence-corrected chi connectivity index (χ1v) is 5.42. The molecule has 7 nitrogen and oxygen atoms in total. The van der Waals surface area contributed by atoms with Crippen molar-refractivity contribution in [3.8, 4) is 5.88 Å². The topological polar surface area (TPSA) is 116 Å². The van der Waals surface area contributed by atoms with Crippen LogP contribution in [0.5, 0.6) is 5.88 Å². The van der Waals surface area contributed by atoms with Crippen molar-refractivity contribution in [2.75, 3.05) is 0 Å². The first-order chi connectivity index (χ1) is 8.22. The maximum Gasteiger partial charge on any atom is 0.339 e. The molecule has 17 heavy (non-hydrogen) atoms. The Hall–Kier alpha value is -1.90. The van der Waals surface area contributed by atoms with Gasteiger partial charge in [0.05, 0.1) is 5.52 Å². The Balaban J connectivity index is 2.35. The molecule has 0 atom stereocenters. The third kappa shape index (κ3) is 2.44. The normalized spacial score (nSPS) is 11.4. The number of nitrogens with one attached hydrogen (secondary N) is 2. The van der Waals surface area contributed by atoms with E-state index >= 15 is 0 Å². The average molecular weight is 251 g/mol. The molecule has 1 aromatic carbocycles. The predicted octanol–water partition coefficient (Wildman–Crippen LogP) is 2.19. The molecule has 2 aromatic rings. The molecule has 1 aromatic heterocycles. The van der Waals surface area contributed by atoms with Crippen molar-refractivity contribution in [1.29, 1.82) is 0 Å². The molecule has 0 saturated carbocycles. The molecular weight excluding hydrogens is 242 g/mol. The van der Waals surface area contributed by atoms with Crippen molar-refractivity contribution in [1.82, 2.24) is 9.82 Å². The van der Waals surface area contributed by atoms with E-state index < -0.39 is 5.24 Å². The van der Waals surface area contributed by atoms with Gasteiger partial charge in [0.1, 0.15) is 0 Å². The molecule has 0 fully saturated rings. The Bertz CT molecular complexity index is 580. The minimum absolute atomic E-state index is 0.131. The van der Waals surface area contributed by atoms with E-state index in [0.717, 1.165) is 5.52 Å². The summed E-state index contributed by atoms with van der Waals surface area (Å²) in [5, 5.41) is 16.8. The molecule has 5 N–H and O–H groups in total. The number of para-hydroxylation sites is 1. The highest BCUT2D eigenvalue weighted by Crippen LogP contribution is 2.35. The van der Waals surface area contributed by atoms with Gasteiger partial charge in [-0.15, -0.1) is 5.11 Å². The Morgan fingerprint density at radius 3 is 3.00 bits per heavy atom. The third-order valence-corrected chi connectivity index (χ3v) is 2.41. The molecule has 88 valence electrons. The lowest BCUT2D eigenvalue weighted by Crippen LogP contribution is -2.13. The van der Waals surface area contributed by atoms with Crippen LogP contribution < -0.4 is 10.7 Å². The van der Waals surface area contributed by atoms with Crippen LogP contribution in [0.1, 0.15) is 0 Å². The van der Waals surface area contributed by atoms with Gasteiger partial charge >= 0.3 is 5.24 Å². The van der Waals surface area contributed by atoms with Crippen LogP contribution in [0.4, 0.5) is 10.5 Å². The molecule has 0 bridgehead atoms. The molecule has 0 radical (unpaired) electrons. The summed E-state index contributed by atoms with van der Waals surface area (Å²) in [6.45, 7) is 0. The van der Waals surface area contributed by atoms with Gasteiger partial charge in [0.2, 0.25) is 5.88 Å². The van der Waals surface area contributed by atoms with Crippen molar-refractivity contribution >= 4 is 33.8 Å². The molecular formula is C9H9N5O2S. The van der Waals surface area contributed by atoms with E-state index in [0.29, 0.717) is 17.3 Å². The van der Waals surface area contributed by atoms with E-state index in [2.05, 4.69) is 20.0 Å². The van der Waals surface area contributed by atoms with E-state index in [4.69, 9.17) is 5.84 Å². The highest BCUT2D eigenvalue weighted by atomic mass is 32.2. The van der Waals surface area contributed by atoms with Gasteiger partial charge in [-0.2, -0.15) is 4.83 Å². The Morgan fingerprint density at radius 1 is 1.47 bits per heavy atom. The highest BCUT2D eigenvalue weighted by molar-refractivity contribution is 8.11. The largest absolute Gasteiger partial charge is 0.493 e. The van der Waals surface area contributed by atoms with Gasteiger partial charge in [0.25, 0.3) is 0 Å². The molecule has 0 aliphatic heterocycles. The lowest BCUT2D eigenvalue weighted by atomic mass is 10.2. The quantitative estimate of drug-likeness (QED) is 0.282. The molecule has 0 aliphatic rings. The van der Waals surface area contributed by atoms with Gasteiger partial charge in [-0.3, -0.25) is 10.6 Å². The molecule has 0 saturated heterocycles. The molecule has 0 spiro atoms. The van der Waals surface area contributed by atoms with Gasteiger partial charge < -0.3 is 10.1 Å². The number of fused-ring (bicyclic) bond motifs is 1. The number of nitrogens with zero attached hydrogens (tertiary/aromatic N) is 2. The second-order valence-electron chi connectivity index (χ2n) is 3.05. The number of benzene rings is 1. The average Bonchev–Trinajstić information content (AvgIpc) is 2.62. The van der Waals surface area contributed by atoms with Crippen LogP contribution in [0.15, 0.2) is 34.5 Å². The van der Waals surface area contributed by atoms with E-state index in [9.17, 15) is 9.90 Å². The standard InChI is InChI=1S/C9H9N5O2S/c10-14-17-9(16)13-12-7-5-3-1-2-4-6(5)11-8(7)15/h1-4,11,14-15H,10H2. The van der Waals surface area contributed by atoms with Gasteiger partial charge in [-0.25, -0.2) is 0 Å². The summed E-state index contributed by atoms with van der Waals surface area (Å²) in [7, 11) is 0. The second-order valence-corrected chi connectivity index (χ2v) is 3.84. The number of hydrazine groups is 1. The number of nitrogens with two attached hydrogens (primary N) is 1. The third-order valence-electron chi connectivity index (χ3n) is 2.04. The fraction of sp³-hybridized carbons (Fsp3) is 0. The smallest absolute Gasteiger partial charge is 0.339 e. The lowest BCUT2D eigenvalue weighted by molar-refractivity contribution is 0.266. The summed E-state index contributed by atoms with van der Waals surface area (Å²) in [5.41, 5.74) is 0.947. The van der Waals surface area contributed by atoms with Crippen LogP contribution >= 0.6 is 11.9 Å².